The molecule has 3 aliphatic rings. The highest BCUT2D eigenvalue weighted by Gasteiger charge is 2.43. The first-order valence-corrected chi connectivity index (χ1v) is 19.8. The van der Waals surface area contributed by atoms with E-state index in [1.165, 1.54) is 21.7 Å². The van der Waals surface area contributed by atoms with Crippen molar-refractivity contribution in [2.75, 3.05) is 20.2 Å². The Bertz CT molecular complexity index is 1990. The maximum atomic E-state index is 15.1. The van der Waals surface area contributed by atoms with Crippen molar-refractivity contribution in [3.63, 3.8) is 0 Å². The average Bonchev–Trinajstić information content (AvgIpc) is 3.17. The predicted octanol–water partition coefficient (Wildman–Crippen LogP) is 8.62. The van der Waals surface area contributed by atoms with E-state index in [-0.39, 0.29) is 18.0 Å². The van der Waals surface area contributed by atoms with E-state index >= 15 is 4.79 Å². The summed E-state index contributed by atoms with van der Waals surface area (Å²) in [6.07, 6.45) is 6.19. The number of pyridine rings is 1. The molecule has 1 N–H and O–H groups in total. The number of ether oxygens (including phenoxy) is 1. The van der Waals surface area contributed by atoms with Gasteiger partial charge in [-0.25, -0.2) is 0 Å². The lowest BCUT2D eigenvalue weighted by atomic mass is 9.73. The van der Waals surface area contributed by atoms with Crippen molar-refractivity contribution in [2.45, 2.75) is 64.5 Å². The van der Waals surface area contributed by atoms with Crippen molar-refractivity contribution in [3.05, 3.63) is 138 Å². The number of hydrogen-bond donors (Lipinski definition) is 1. The summed E-state index contributed by atoms with van der Waals surface area (Å²) in [5.74, 6) is 2.46. The van der Waals surface area contributed by atoms with Gasteiger partial charge in [-0.2, -0.15) is 0 Å². The smallest absolute Gasteiger partial charge is 0.252 e. The maximum Gasteiger partial charge on any atom is 0.252 e. The van der Waals surface area contributed by atoms with Crippen LogP contribution in [-0.4, -0.2) is 42.0 Å². The summed E-state index contributed by atoms with van der Waals surface area (Å²) >= 11 is 0. The summed E-state index contributed by atoms with van der Waals surface area (Å²) in [7, 11) is 0.640. The van der Waals surface area contributed by atoms with Crippen molar-refractivity contribution >= 4 is 40.6 Å². The number of rotatable bonds is 11. The molecule has 5 aromatic rings. The van der Waals surface area contributed by atoms with Crippen LogP contribution in [0.3, 0.4) is 0 Å². The molecule has 5 nitrogen and oxygen atoms in total. The lowest BCUT2D eigenvalue weighted by Gasteiger charge is -2.51. The summed E-state index contributed by atoms with van der Waals surface area (Å²) in [5, 5.41) is 8.39. The van der Waals surface area contributed by atoms with Crippen LogP contribution in [-0.2, 0) is 0 Å². The van der Waals surface area contributed by atoms with Gasteiger partial charge in [-0.15, -0.1) is 6.58 Å². The van der Waals surface area contributed by atoms with Gasteiger partial charge in [-0.1, -0.05) is 101 Å². The fourth-order valence-electron chi connectivity index (χ4n) is 8.48. The van der Waals surface area contributed by atoms with E-state index in [0.29, 0.717) is 23.7 Å². The molecule has 3 unspecified atom stereocenters. The molecule has 51 heavy (non-hydrogen) atoms. The number of hydrogen-bond acceptors (Lipinski definition) is 4. The highest BCUT2D eigenvalue weighted by molar-refractivity contribution is 7.80. The zero-order chi connectivity index (χ0) is 35.6. The van der Waals surface area contributed by atoms with Crippen molar-refractivity contribution in [3.8, 4) is 5.75 Å². The summed E-state index contributed by atoms with van der Waals surface area (Å²) in [6, 6.07) is 34.0. The van der Waals surface area contributed by atoms with E-state index in [0.717, 1.165) is 59.0 Å². The molecular formula is C45H50N3O2P. The summed E-state index contributed by atoms with van der Waals surface area (Å²) in [4.78, 5) is 22.4. The van der Waals surface area contributed by atoms with Crippen LogP contribution < -0.4 is 26.0 Å². The Balaban J connectivity index is 1.37. The molecule has 8 rings (SSSR count). The minimum atomic E-state index is -1.06. The van der Waals surface area contributed by atoms with Gasteiger partial charge in [0.25, 0.3) is 5.91 Å². The molecular weight excluding hydrogens is 645 g/mol. The topological polar surface area (TPSA) is 54.5 Å². The van der Waals surface area contributed by atoms with Crippen LogP contribution in [0.2, 0.25) is 0 Å². The molecule has 4 heterocycles. The lowest BCUT2D eigenvalue weighted by Crippen LogP contribution is -2.57. The molecule has 0 aliphatic carbocycles. The summed E-state index contributed by atoms with van der Waals surface area (Å²) < 4.78 is 5.68. The Labute approximate surface area is 304 Å². The Morgan fingerprint density at radius 1 is 0.882 bits per heavy atom. The number of carbonyl (C=O) groups excluding carboxylic acids is 1. The second kappa shape index (κ2) is 15.1. The van der Waals surface area contributed by atoms with Crippen molar-refractivity contribution in [2.24, 2.45) is 11.8 Å². The van der Waals surface area contributed by atoms with Gasteiger partial charge >= 0.3 is 0 Å². The number of methoxy groups -OCH3 is 1. The van der Waals surface area contributed by atoms with Crippen molar-refractivity contribution in [1.29, 1.82) is 0 Å². The normalized spacial score (nSPS) is 20.5. The molecule has 0 radical (unpaired) electrons. The van der Waals surface area contributed by atoms with Crippen LogP contribution in [0.4, 0.5) is 0 Å². The van der Waals surface area contributed by atoms with Gasteiger partial charge < -0.3 is 10.1 Å². The maximum absolute atomic E-state index is 15.1. The monoisotopic (exact) mass is 695 g/mol. The van der Waals surface area contributed by atoms with Crippen LogP contribution in [0.1, 0.15) is 85.5 Å². The van der Waals surface area contributed by atoms with E-state index < -0.39 is 7.92 Å². The highest BCUT2D eigenvalue weighted by atomic mass is 31.1. The van der Waals surface area contributed by atoms with Crippen molar-refractivity contribution in [1.82, 2.24) is 15.2 Å². The van der Waals surface area contributed by atoms with Crippen LogP contribution in [0, 0.1) is 11.8 Å². The molecule has 6 heteroatoms. The quantitative estimate of drug-likeness (QED) is 0.111. The summed E-state index contributed by atoms with van der Waals surface area (Å²) in [6.45, 7) is 15.2. The molecule has 1 amide bonds. The third-order valence-corrected chi connectivity index (χ3v) is 13.8. The van der Waals surface area contributed by atoms with Gasteiger partial charge in [0.2, 0.25) is 0 Å². The largest absolute Gasteiger partial charge is 0.497 e. The Kier molecular flexibility index (Phi) is 10.4. The van der Waals surface area contributed by atoms with Gasteiger partial charge in [-0.05, 0) is 114 Å². The van der Waals surface area contributed by atoms with E-state index in [9.17, 15) is 0 Å². The minimum absolute atomic E-state index is 0.0390. The van der Waals surface area contributed by atoms with Gasteiger partial charge in [0.15, 0.2) is 0 Å². The number of fused-ring (bicyclic) bond motifs is 4. The molecule has 1 aromatic heterocycles. The lowest BCUT2D eigenvalue weighted by molar-refractivity contribution is 0.00171. The van der Waals surface area contributed by atoms with Gasteiger partial charge in [0.1, 0.15) is 5.75 Å². The number of carbonyl (C=O) groups is 1. The van der Waals surface area contributed by atoms with Gasteiger partial charge in [0.05, 0.1) is 18.7 Å². The number of amides is 1. The third-order valence-electron chi connectivity index (χ3n) is 11.1. The Hall–Kier alpha value is -4.31. The minimum Gasteiger partial charge on any atom is -0.497 e. The first-order valence-electron chi connectivity index (χ1n) is 18.5. The fourth-order valence-corrected chi connectivity index (χ4v) is 11.6. The van der Waals surface area contributed by atoms with E-state index in [1.807, 2.05) is 30.5 Å². The van der Waals surface area contributed by atoms with Gasteiger partial charge in [0, 0.05) is 29.7 Å². The van der Waals surface area contributed by atoms with Crippen molar-refractivity contribution < 1.29 is 9.53 Å². The number of aromatic nitrogens is 1. The first-order chi connectivity index (χ1) is 24.8. The molecule has 3 saturated heterocycles. The summed E-state index contributed by atoms with van der Waals surface area (Å²) in [5.41, 5.74) is 5.37. The molecule has 5 atom stereocenters. The number of nitrogens with zero attached hydrogens (tertiary/aromatic N) is 2. The van der Waals surface area contributed by atoms with Crippen LogP contribution >= 0.6 is 7.92 Å². The molecule has 3 fully saturated rings. The van der Waals surface area contributed by atoms with Crippen LogP contribution in [0.5, 0.6) is 5.75 Å². The van der Waals surface area contributed by atoms with Gasteiger partial charge in [-0.3, -0.25) is 14.7 Å². The molecule has 2 bridgehead atoms. The molecule has 4 aromatic carbocycles. The SMILES string of the molecule is C=CC1CN2CCC1C[C@H]2[C@@H](NC(=O)c1ccccc1P(c1ccccc1C(C)C)c1ccccc1C(C)C)c1ccnc2ccc(OC)cc12. The first kappa shape index (κ1) is 35.1. The second-order valence-electron chi connectivity index (χ2n) is 14.8. The Morgan fingerprint density at radius 3 is 2.14 bits per heavy atom. The third kappa shape index (κ3) is 6.87. The molecule has 0 saturated carbocycles. The zero-order valence-corrected chi connectivity index (χ0v) is 31.4. The second-order valence-corrected chi connectivity index (χ2v) is 16.9. The van der Waals surface area contributed by atoms with Crippen LogP contribution in [0.25, 0.3) is 10.9 Å². The molecule has 262 valence electrons. The average molecular weight is 696 g/mol. The predicted molar refractivity (Wildman–Crippen MR) is 214 cm³/mol. The number of nitrogens with one attached hydrogen (secondary N) is 1. The highest BCUT2D eigenvalue weighted by Crippen LogP contribution is 2.43. The number of piperidine rings is 3. The Morgan fingerprint density at radius 2 is 1.53 bits per heavy atom. The van der Waals surface area contributed by atoms with E-state index in [1.54, 1.807) is 7.11 Å². The molecule has 3 aliphatic heterocycles. The zero-order valence-electron chi connectivity index (χ0n) is 30.6. The fraction of sp³-hybridized carbons (Fsp3) is 0.333. The molecule has 0 spiro atoms. The van der Waals surface area contributed by atoms with Crippen LogP contribution in [0.15, 0.2) is 116 Å². The van der Waals surface area contributed by atoms with E-state index in [4.69, 9.17) is 9.72 Å². The number of benzene rings is 4. The standard InChI is InChI=1S/C45H50N3O2P/c1-7-31-28-48-25-23-32(31)26-40(48)44(36-22-24-46-39-21-20-33(50-6)27-38(36)39)47-45(49)37-16-10-13-19-43(37)51(41-17-11-8-14-34(41)29(2)3)42-18-12-9-15-35(42)30(4)5/h7-22,24,27,29-32,40,44H,1,23,25-26,28H2,2-6H3,(H,47,49)/t31?,32?,40-,44-/m0/s1. The van der Waals surface area contributed by atoms with E-state index in [2.05, 4.69) is 123 Å².